The van der Waals surface area contributed by atoms with E-state index in [1.807, 2.05) is 18.2 Å². The average Bonchev–Trinajstić information content (AvgIpc) is 3.36. The lowest BCUT2D eigenvalue weighted by atomic mass is 9.90. The smallest absolute Gasteiger partial charge is 0.349 e. The Morgan fingerprint density at radius 1 is 1.17 bits per heavy atom. The van der Waals surface area contributed by atoms with Crippen LogP contribution >= 0.6 is 12.4 Å². The zero-order valence-corrected chi connectivity index (χ0v) is 15.2. The van der Waals surface area contributed by atoms with E-state index in [1.165, 1.54) is 12.8 Å². The summed E-state index contributed by atoms with van der Waals surface area (Å²) in [6, 6.07) is 6.00. The highest BCUT2D eigenvalue weighted by Crippen LogP contribution is 2.46. The third kappa shape index (κ3) is 5.21. The van der Waals surface area contributed by atoms with Crippen molar-refractivity contribution in [3.05, 3.63) is 29.3 Å². The third-order valence-electron chi connectivity index (χ3n) is 4.25. The number of esters is 2. The van der Waals surface area contributed by atoms with Crippen molar-refractivity contribution in [2.45, 2.75) is 45.4 Å². The van der Waals surface area contributed by atoms with Crippen LogP contribution in [0.25, 0.3) is 0 Å². The van der Waals surface area contributed by atoms with Gasteiger partial charge >= 0.3 is 11.9 Å². The minimum absolute atomic E-state index is 0. The molecule has 0 bridgehead atoms. The lowest BCUT2D eigenvalue weighted by molar-refractivity contribution is -0.152. The van der Waals surface area contributed by atoms with Gasteiger partial charge in [-0.2, -0.15) is 0 Å². The molecule has 1 aromatic rings. The van der Waals surface area contributed by atoms with Gasteiger partial charge in [0, 0.05) is 0 Å². The number of hydrogen-bond acceptors (Lipinski definition) is 5. The molecule has 1 aliphatic rings. The topological polar surface area (TPSA) is 78.6 Å². The quantitative estimate of drug-likeness (QED) is 0.600. The van der Waals surface area contributed by atoms with Crippen molar-refractivity contribution in [1.29, 1.82) is 0 Å². The summed E-state index contributed by atoms with van der Waals surface area (Å²) in [5.74, 6) is 0.661. The van der Waals surface area contributed by atoms with Crippen molar-refractivity contribution in [3.63, 3.8) is 0 Å². The van der Waals surface area contributed by atoms with Crippen molar-refractivity contribution in [2.24, 2.45) is 11.7 Å². The van der Waals surface area contributed by atoms with Crippen LogP contribution in [0.15, 0.2) is 18.2 Å². The first-order valence-corrected chi connectivity index (χ1v) is 8.13. The molecule has 134 valence electrons. The van der Waals surface area contributed by atoms with Crippen molar-refractivity contribution in [1.82, 2.24) is 0 Å². The Morgan fingerprint density at radius 2 is 1.79 bits per heavy atom. The summed E-state index contributed by atoms with van der Waals surface area (Å²) in [5, 5.41) is 0. The minimum Gasteiger partial charge on any atom is -0.453 e. The van der Waals surface area contributed by atoms with Gasteiger partial charge in [-0.25, -0.2) is 4.79 Å². The number of hydrogen-bond donors (Lipinski definition) is 1. The van der Waals surface area contributed by atoms with Gasteiger partial charge in [-0.05, 0) is 41.7 Å². The SMILES string of the molecule is CC(C)c1cccc([C@@H](C)C2CC2)c1OC(=O)COC(=O)CN.Cl. The van der Waals surface area contributed by atoms with Gasteiger partial charge in [-0.1, -0.05) is 39.0 Å². The molecule has 1 saturated carbocycles. The number of para-hydroxylation sites is 1. The molecule has 24 heavy (non-hydrogen) atoms. The van der Waals surface area contributed by atoms with E-state index in [4.69, 9.17) is 15.2 Å². The van der Waals surface area contributed by atoms with Crippen molar-refractivity contribution in [2.75, 3.05) is 13.2 Å². The summed E-state index contributed by atoms with van der Waals surface area (Å²) >= 11 is 0. The molecule has 0 saturated heterocycles. The van der Waals surface area contributed by atoms with Crippen molar-refractivity contribution in [3.8, 4) is 5.75 Å². The van der Waals surface area contributed by atoms with Gasteiger partial charge in [-0.3, -0.25) is 4.79 Å². The molecule has 1 aromatic carbocycles. The highest BCUT2D eigenvalue weighted by atomic mass is 35.5. The first kappa shape index (κ1) is 20.5. The van der Waals surface area contributed by atoms with Crippen LogP contribution in [0.1, 0.15) is 56.6 Å². The van der Waals surface area contributed by atoms with E-state index in [-0.39, 0.29) is 24.9 Å². The van der Waals surface area contributed by atoms with E-state index >= 15 is 0 Å². The molecular weight excluding hydrogens is 330 g/mol. The number of nitrogens with two attached hydrogens (primary N) is 1. The molecule has 2 N–H and O–H groups in total. The number of ether oxygens (including phenoxy) is 2. The molecular formula is C18H26ClNO4. The van der Waals surface area contributed by atoms with Crippen LogP contribution in [-0.2, 0) is 14.3 Å². The summed E-state index contributed by atoms with van der Waals surface area (Å²) in [7, 11) is 0. The van der Waals surface area contributed by atoms with Crippen LogP contribution in [0.4, 0.5) is 0 Å². The second-order valence-corrected chi connectivity index (χ2v) is 6.39. The molecule has 6 heteroatoms. The van der Waals surface area contributed by atoms with E-state index in [9.17, 15) is 9.59 Å². The Bertz CT molecular complexity index is 584. The molecule has 0 aliphatic heterocycles. The Labute approximate surface area is 149 Å². The normalized spacial score (nSPS) is 14.7. The first-order chi connectivity index (χ1) is 10.9. The highest BCUT2D eigenvalue weighted by Gasteiger charge is 2.32. The summed E-state index contributed by atoms with van der Waals surface area (Å²) in [4.78, 5) is 23.1. The molecule has 0 unspecified atom stereocenters. The lowest BCUT2D eigenvalue weighted by Gasteiger charge is -2.20. The molecule has 1 aliphatic carbocycles. The molecule has 0 aromatic heterocycles. The molecule has 0 radical (unpaired) electrons. The lowest BCUT2D eigenvalue weighted by Crippen LogP contribution is -2.24. The van der Waals surface area contributed by atoms with Gasteiger partial charge in [0.1, 0.15) is 5.75 Å². The molecule has 0 heterocycles. The average molecular weight is 356 g/mol. The van der Waals surface area contributed by atoms with Crippen LogP contribution in [0, 0.1) is 5.92 Å². The maximum Gasteiger partial charge on any atom is 0.349 e. The van der Waals surface area contributed by atoms with Crippen molar-refractivity contribution < 1.29 is 19.1 Å². The largest absolute Gasteiger partial charge is 0.453 e. The van der Waals surface area contributed by atoms with Gasteiger partial charge < -0.3 is 15.2 Å². The second-order valence-electron chi connectivity index (χ2n) is 6.39. The fourth-order valence-electron chi connectivity index (χ4n) is 2.70. The van der Waals surface area contributed by atoms with Crippen LogP contribution in [0.5, 0.6) is 5.75 Å². The summed E-state index contributed by atoms with van der Waals surface area (Å²) in [5.41, 5.74) is 7.20. The van der Waals surface area contributed by atoms with Gasteiger partial charge in [0.05, 0.1) is 6.54 Å². The summed E-state index contributed by atoms with van der Waals surface area (Å²) in [6.07, 6.45) is 2.43. The van der Waals surface area contributed by atoms with Crippen LogP contribution < -0.4 is 10.5 Å². The highest BCUT2D eigenvalue weighted by molar-refractivity contribution is 5.85. The number of halogens is 1. The number of rotatable bonds is 7. The number of carbonyl (C=O) groups excluding carboxylic acids is 2. The van der Waals surface area contributed by atoms with Crippen molar-refractivity contribution >= 4 is 24.3 Å². The van der Waals surface area contributed by atoms with E-state index in [1.54, 1.807) is 0 Å². The molecule has 5 nitrogen and oxygen atoms in total. The van der Waals surface area contributed by atoms with Gasteiger partial charge in [0.15, 0.2) is 6.61 Å². The Morgan fingerprint density at radius 3 is 2.33 bits per heavy atom. The second kappa shape index (κ2) is 9.04. The molecule has 1 fully saturated rings. The fraction of sp³-hybridized carbons (Fsp3) is 0.556. The molecule has 0 amide bonds. The molecule has 0 spiro atoms. The van der Waals surface area contributed by atoms with E-state index in [2.05, 4.69) is 20.8 Å². The van der Waals surface area contributed by atoms with Gasteiger partial charge in [0.2, 0.25) is 0 Å². The Balaban J connectivity index is 0.00000288. The Kier molecular flexibility index (Phi) is 7.70. The summed E-state index contributed by atoms with van der Waals surface area (Å²) in [6.45, 7) is 5.63. The monoisotopic (exact) mass is 355 g/mol. The number of carbonyl (C=O) groups is 2. The zero-order valence-electron chi connectivity index (χ0n) is 14.4. The number of benzene rings is 1. The van der Waals surface area contributed by atoms with E-state index < -0.39 is 18.5 Å². The zero-order chi connectivity index (χ0) is 17.0. The van der Waals surface area contributed by atoms with Crippen LogP contribution in [0.3, 0.4) is 0 Å². The maximum absolute atomic E-state index is 12.0. The predicted octanol–water partition coefficient (Wildman–Crippen LogP) is 3.15. The third-order valence-corrected chi connectivity index (χ3v) is 4.25. The van der Waals surface area contributed by atoms with Gasteiger partial charge in [0.25, 0.3) is 0 Å². The Hall–Kier alpha value is -1.59. The van der Waals surface area contributed by atoms with Gasteiger partial charge in [-0.15, -0.1) is 12.4 Å². The first-order valence-electron chi connectivity index (χ1n) is 8.13. The minimum atomic E-state index is -0.620. The molecule has 1 atom stereocenters. The predicted molar refractivity (Wildman–Crippen MR) is 94.6 cm³/mol. The fourth-order valence-corrected chi connectivity index (χ4v) is 2.70. The molecule has 2 rings (SSSR count). The van der Waals surface area contributed by atoms with E-state index in [0.717, 1.165) is 11.1 Å². The van der Waals surface area contributed by atoms with Crippen LogP contribution in [0.2, 0.25) is 0 Å². The standard InChI is InChI=1S/C18H25NO4.ClH/c1-11(2)14-5-4-6-15(12(3)13-7-8-13)18(14)23-17(21)10-22-16(20)9-19;/h4-6,11-13H,7-10,19H2,1-3H3;1H/t12-;/m0./s1. The summed E-state index contributed by atoms with van der Waals surface area (Å²) < 4.78 is 10.3. The van der Waals surface area contributed by atoms with E-state index in [0.29, 0.717) is 17.6 Å². The van der Waals surface area contributed by atoms with Crippen LogP contribution in [-0.4, -0.2) is 25.1 Å². The maximum atomic E-state index is 12.0.